The van der Waals surface area contributed by atoms with Crippen molar-refractivity contribution in [2.75, 3.05) is 0 Å². The summed E-state index contributed by atoms with van der Waals surface area (Å²) in [6, 6.07) is 37.5. The largest absolute Gasteiger partial charge is 0.456 e. The highest BCUT2D eigenvalue weighted by atomic mass is 16.3. The molecular weight excluding hydrogens is 530 g/mol. The van der Waals surface area contributed by atoms with Gasteiger partial charge in [0.2, 0.25) is 0 Å². The van der Waals surface area contributed by atoms with Crippen molar-refractivity contribution in [1.29, 1.82) is 10.5 Å². The summed E-state index contributed by atoms with van der Waals surface area (Å²) >= 11 is 0. The van der Waals surface area contributed by atoms with Gasteiger partial charge in [0.25, 0.3) is 0 Å². The Labute approximate surface area is 245 Å². The highest BCUT2D eigenvalue weighted by Crippen LogP contribution is 2.43. The maximum absolute atomic E-state index is 9.88. The zero-order valence-corrected chi connectivity index (χ0v) is 22.8. The molecule has 43 heavy (non-hydrogen) atoms. The molecule has 1 unspecified atom stereocenters. The number of nitrogens with zero attached hydrogens (tertiary/aromatic N) is 3. The molecule has 200 valence electrons. The summed E-state index contributed by atoms with van der Waals surface area (Å²) in [5, 5.41) is 25.5. The summed E-state index contributed by atoms with van der Waals surface area (Å²) in [6.45, 7) is 0. The third kappa shape index (κ3) is 3.37. The molecule has 0 spiro atoms. The number of para-hydroxylation sites is 2. The van der Waals surface area contributed by atoms with Crippen molar-refractivity contribution in [3.8, 4) is 12.1 Å². The molecule has 0 saturated carbocycles. The Kier molecular flexibility index (Phi) is 4.80. The van der Waals surface area contributed by atoms with Gasteiger partial charge in [0.1, 0.15) is 22.3 Å². The molecule has 3 heterocycles. The molecule has 5 nitrogen and oxygen atoms in total. The maximum Gasteiger partial charge on any atom is 0.136 e. The van der Waals surface area contributed by atoms with Crippen LogP contribution in [0.4, 0.5) is 0 Å². The van der Waals surface area contributed by atoms with Crippen molar-refractivity contribution in [2.24, 2.45) is 0 Å². The van der Waals surface area contributed by atoms with Gasteiger partial charge in [0.15, 0.2) is 0 Å². The zero-order valence-electron chi connectivity index (χ0n) is 22.8. The summed E-state index contributed by atoms with van der Waals surface area (Å²) in [5.74, 6) is 0. The van der Waals surface area contributed by atoms with Crippen molar-refractivity contribution in [3.63, 3.8) is 0 Å². The molecule has 0 amide bonds. The molecule has 1 atom stereocenters. The average molecular weight is 552 g/mol. The highest BCUT2D eigenvalue weighted by molar-refractivity contribution is 6.15. The molecule has 5 heteroatoms. The van der Waals surface area contributed by atoms with Gasteiger partial charge in [-0.25, -0.2) is 0 Å². The minimum Gasteiger partial charge on any atom is -0.456 e. The van der Waals surface area contributed by atoms with E-state index in [-0.39, 0.29) is 6.04 Å². The molecule has 5 aromatic carbocycles. The summed E-state index contributed by atoms with van der Waals surface area (Å²) in [5.41, 5.74) is 8.79. The third-order valence-electron chi connectivity index (χ3n) is 8.81. The SMILES string of the molecule is N#CC1=CCC(n2c3ccccc3c3ccccc32)C(c2ccc3oc4cc5c(cc4c3c2)oc2ccc(C#N)cc25)=C1. The summed E-state index contributed by atoms with van der Waals surface area (Å²) in [4.78, 5) is 0. The fourth-order valence-corrected chi connectivity index (χ4v) is 6.87. The van der Waals surface area contributed by atoms with Gasteiger partial charge in [-0.1, -0.05) is 48.5 Å². The Hall–Kier alpha value is -6.04. The van der Waals surface area contributed by atoms with Gasteiger partial charge in [-0.15, -0.1) is 0 Å². The van der Waals surface area contributed by atoms with E-state index in [0.29, 0.717) is 17.6 Å². The van der Waals surface area contributed by atoms with Gasteiger partial charge < -0.3 is 13.4 Å². The summed E-state index contributed by atoms with van der Waals surface area (Å²) in [6.07, 6.45) is 4.79. The lowest BCUT2D eigenvalue weighted by Crippen LogP contribution is -2.13. The molecule has 9 rings (SSSR count). The van der Waals surface area contributed by atoms with E-state index in [4.69, 9.17) is 8.83 Å². The molecular formula is C38H21N3O2. The van der Waals surface area contributed by atoms with Crippen LogP contribution in [0.3, 0.4) is 0 Å². The lowest BCUT2D eigenvalue weighted by Gasteiger charge is -2.26. The average Bonchev–Trinajstić information content (AvgIpc) is 3.71. The molecule has 0 aliphatic heterocycles. The van der Waals surface area contributed by atoms with E-state index in [1.807, 2.05) is 42.5 Å². The molecule has 0 N–H and O–H groups in total. The number of hydrogen-bond acceptors (Lipinski definition) is 4. The van der Waals surface area contributed by atoms with Crippen molar-refractivity contribution < 1.29 is 8.83 Å². The van der Waals surface area contributed by atoms with Crippen LogP contribution in [0.15, 0.2) is 124 Å². The monoisotopic (exact) mass is 551 g/mol. The third-order valence-corrected chi connectivity index (χ3v) is 8.81. The Balaban J connectivity index is 1.26. The first kappa shape index (κ1) is 23.6. The molecule has 1 aliphatic rings. The summed E-state index contributed by atoms with van der Waals surface area (Å²) < 4.78 is 15.0. The first-order chi connectivity index (χ1) is 21.2. The molecule has 0 radical (unpaired) electrons. The Morgan fingerprint density at radius 3 is 1.86 bits per heavy atom. The maximum atomic E-state index is 9.88. The van der Waals surface area contributed by atoms with Gasteiger partial charge in [0, 0.05) is 48.9 Å². The second kappa shape index (κ2) is 8.73. The molecule has 8 aromatic rings. The quantitative estimate of drug-likeness (QED) is 0.214. The second-order valence-corrected chi connectivity index (χ2v) is 11.1. The van der Waals surface area contributed by atoms with Crippen LogP contribution < -0.4 is 0 Å². The van der Waals surface area contributed by atoms with Crippen LogP contribution in [-0.2, 0) is 0 Å². The van der Waals surface area contributed by atoms with Crippen LogP contribution in [0.2, 0.25) is 0 Å². The van der Waals surface area contributed by atoms with Gasteiger partial charge in [-0.2, -0.15) is 10.5 Å². The number of furan rings is 2. The smallest absolute Gasteiger partial charge is 0.136 e. The summed E-state index contributed by atoms with van der Waals surface area (Å²) in [7, 11) is 0. The van der Waals surface area contributed by atoms with Crippen LogP contribution in [-0.4, -0.2) is 4.57 Å². The van der Waals surface area contributed by atoms with Gasteiger partial charge in [-0.3, -0.25) is 0 Å². The van der Waals surface area contributed by atoms with Crippen molar-refractivity contribution >= 4 is 71.3 Å². The fourth-order valence-electron chi connectivity index (χ4n) is 6.87. The molecule has 0 saturated heterocycles. The van der Waals surface area contributed by atoms with E-state index >= 15 is 0 Å². The first-order valence-corrected chi connectivity index (χ1v) is 14.2. The van der Waals surface area contributed by atoms with Crippen LogP contribution >= 0.6 is 0 Å². The number of rotatable bonds is 2. The first-order valence-electron chi connectivity index (χ1n) is 14.2. The van der Waals surface area contributed by atoms with Crippen molar-refractivity contribution in [3.05, 3.63) is 126 Å². The Morgan fingerprint density at radius 2 is 1.21 bits per heavy atom. The molecule has 3 aromatic heterocycles. The van der Waals surface area contributed by atoms with Crippen LogP contribution in [0.25, 0.3) is 71.3 Å². The minimum absolute atomic E-state index is 0.00826. The van der Waals surface area contributed by atoms with Gasteiger partial charge in [0.05, 0.1) is 23.7 Å². The number of nitriles is 2. The molecule has 0 fully saturated rings. The Bertz CT molecular complexity index is 2570. The normalized spacial score (nSPS) is 15.3. The molecule has 1 aliphatic carbocycles. The predicted molar refractivity (Wildman–Crippen MR) is 170 cm³/mol. The second-order valence-electron chi connectivity index (χ2n) is 11.1. The standard InChI is InChI=1S/C38H21N3O2/c39-20-22-9-12-34(41-32-7-3-1-5-25(32)26-6-2-4-8-33(26)41)27(15-22)24-11-14-36-29(17-24)31-19-37-30(18-38(31)43-36)28-16-23(21-40)10-13-35(28)42-37/h1-11,13-19,34H,12H2. The zero-order chi connectivity index (χ0) is 28.7. The van der Waals surface area contributed by atoms with E-state index in [1.54, 1.807) is 6.07 Å². The van der Waals surface area contributed by atoms with Crippen molar-refractivity contribution in [2.45, 2.75) is 12.5 Å². The van der Waals surface area contributed by atoms with E-state index in [0.717, 1.165) is 55.0 Å². The topological polar surface area (TPSA) is 78.8 Å². The van der Waals surface area contributed by atoms with Crippen LogP contribution in [0.5, 0.6) is 0 Å². The highest BCUT2D eigenvalue weighted by Gasteiger charge is 2.26. The Morgan fingerprint density at radius 1 is 0.605 bits per heavy atom. The fraction of sp³-hybridized carbons (Fsp3) is 0.0526. The van der Waals surface area contributed by atoms with E-state index in [9.17, 15) is 10.5 Å². The number of benzene rings is 5. The minimum atomic E-state index is 0.00826. The number of allylic oxidation sites excluding steroid dienone is 4. The predicted octanol–water partition coefficient (Wildman–Crippen LogP) is 9.94. The van der Waals surface area contributed by atoms with E-state index in [2.05, 4.69) is 77.4 Å². The molecule has 0 bridgehead atoms. The van der Waals surface area contributed by atoms with Gasteiger partial charge >= 0.3 is 0 Å². The number of aromatic nitrogens is 1. The van der Waals surface area contributed by atoms with Crippen LogP contribution in [0.1, 0.15) is 23.6 Å². The van der Waals surface area contributed by atoms with E-state index < -0.39 is 0 Å². The van der Waals surface area contributed by atoms with Crippen molar-refractivity contribution in [1.82, 2.24) is 4.57 Å². The lowest BCUT2D eigenvalue weighted by molar-refractivity contribution is 0.662. The van der Waals surface area contributed by atoms with Gasteiger partial charge in [-0.05, 0) is 78.2 Å². The van der Waals surface area contributed by atoms with E-state index in [1.165, 1.54) is 21.8 Å². The lowest BCUT2D eigenvalue weighted by atomic mass is 9.88. The van der Waals surface area contributed by atoms with Crippen LogP contribution in [0, 0.1) is 22.7 Å². The number of fused-ring (bicyclic) bond motifs is 9. The number of hydrogen-bond donors (Lipinski definition) is 0.